The lowest BCUT2D eigenvalue weighted by Crippen LogP contribution is -2.00. The Balaban J connectivity index is 1.19. The summed E-state index contributed by atoms with van der Waals surface area (Å²) in [6, 6.07) is 68.3. The Morgan fingerprint density at radius 1 is 0.333 bits per heavy atom. The summed E-state index contributed by atoms with van der Waals surface area (Å²) < 4.78 is 11.4. The molecule has 5 heteroatoms. The van der Waals surface area contributed by atoms with Crippen LogP contribution in [0.4, 0.5) is 0 Å². The molecule has 5 nitrogen and oxygen atoms in total. The lowest BCUT2D eigenvalue weighted by molar-refractivity contribution is 0.669. The molecule has 0 aliphatic rings. The second-order valence-corrected chi connectivity index (χ2v) is 14.6. The molecule has 12 rings (SSSR count). The van der Waals surface area contributed by atoms with Gasteiger partial charge in [0.15, 0.2) is 5.82 Å². The van der Waals surface area contributed by atoms with E-state index in [1.54, 1.807) is 0 Å². The second-order valence-electron chi connectivity index (χ2n) is 14.6. The third-order valence-corrected chi connectivity index (χ3v) is 11.3. The van der Waals surface area contributed by atoms with Crippen molar-refractivity contribution in [2.24, 2.45) is 0 Å². The first-order chi connectivity index (χ1) is 28.3. The minimum absolute atomic E-state index is 0.668. The van der Waals surface area contributed by atoms with E-state index >= 15 is 0 Å². The molecule has 0 amide bonds. The standard InChI is InChI=1S/C52H32N4O/c1-4-15-33(16-5-1)44-31-45(34-17-6-2-7-18-34)54-52(53-44)35-19-14-22-37(29-35)56-47-32-49-43(39-24-11-13-26-48(39)57-49)30-42(47)41-28-27-40-38-23-10-12-25-46(38)55(50(40)51(41)56)36-20-8-3-9-21-36/h1-32H. The number of para-hydroxylation sites is 3. The van der Waals surface area contributed by atoms with Gasteiger partial charge in [0.1, 0.15) is 11.2 Å². The van der Waals surface area contributed by atoms with Crippen molar-refractivity contribution in [1.82, 2.24) is 19.1 Å². The van der Waals surface area contributed by atoms with Gasteiger partial charge in [-0.15, -0.1) is 0 Å². The van der Waals surface area contributed by atoms with Crippen molar-refractivity contribution in [2.75, 3.05) is 0 Å². The summed E-state index contributed by atoms with van der Waals surface area (Å²) in [5, 5.41) is 6.96. The SMILES string of the molecule is c1ccc(-c2cc(-c3ccccc3)nc(-c3cccc(-n4c5cc6oc7ccccc7c6cc5c5ccc6c7ccccc7n(-c7ccccc7)c6c54)c3)n2)cc1. The number of nitrogens with zero attached hydrogens (tertiary/aromatic N) is 4. The van der Waals surface area contributed by atoms with E-state index in [1.807, 2.05) is 24.3 Å². The highest BCUT2D eigenvalue weighted by molar-refractivity contribution is 6.25. The normalized spacial score (nSPS) is 11.9. The van der Waals surface area contributed by atoms with Crippen molar-refractivity contribution in [1.29, 1.82) is 0 Å². The molecule has 12 aromatic rings. The predicted octanol–water partition coefficient (Wildman–Crippen LogP) is 13.6. The molecule has 4 aromatic heterocycles. The van der Waals surface area contributed by atoms with E-state index in [2.05, 4.69) is 179 Å². The molecule has 0 saturated carbocycles. The Bertz CT molecular complexity index is 3450. The number of hydrogen-bond donors (Lipinski definition) is 0. The summed E-state index contributed by atoms with van der Waals surface area (Å²) >= 11 is 0. The molecule has 4 heterocycles. The minimum Gasteiger partial charge on any atom is -0.456 e. The molecule has 0 aliphatic heterocycles. The lowest BCUT2D eigenvalue weighted by atomic mass is 10.1. The van der Waals surface area contributed by atoms with E-state index in [0.29, 0.717) is 5.82 Å². The van der Waals surface area contributed by atoms with Crippen LogP contribution in [-0.2, 0) is 0 Å². The number of aromatic nitrogens is 4. The molecule has 0 N–H and O–H groups in total. The highest BCUT2D eigenvalue weighted by Gasteiger charge is 2.23. The average Bonchev–Trinajstić information content (AvgIpc) is 3.93. The van der Waals surface area contributed by atoms with Crippen molar-refractivity contribution in [2.45, 2.75) is 0 Å². The Hall–Kier alpha value is -7.76. The zero-order valence-corrected chi connectivity index (χ0v) is 30.7. The third kappa shape index (κ3) is 4.89. The highest BCUT2D eigenvalue weighted by Crippen LogP contribution is 2.44. The molecule has 8 aromatic carbocycles. The van der Waals surface area contributed by atoms with Crippen LogP contribution in [0.2, 0.25) is 0 Å². The zero-order chi connectivity index (χ0) is 37.5. The monoisotopic (exact) mass is 728 g/mol. The maximum atomic E-state index is 6.54. The molecule has 0 spiro atoms. The topological polar surface area (TPSA) is 48.8 Å². The van der Waals surface area contributed by atoms with Crippen molar-refractivity contribution in [3.05, 3.63) is 194 Å². The maximum absolute atomic E-state index is 6.54. The molecule has 0 unspecified atom stereocenters. The van der Waals surface area contributed by atoms with Gasteiger partial charge in [-0.25, -0.2) is 9.97 Å². The highest BCUT2D eigenvalue weighted by atomic mass is 16.3. The lowest BCUT2D eigenvalue weighted by Gasteiger charge is -2.14. The summed E-state index contributed by atoms with van der Waals surface area (Å²) in [6.07, 6.45) is 0. The number of benzene rings is 8. The summed E-state index contributed by atoms with van der Waals surface area (Å²) in [6.45, 7) is 0. The molecule has 0 atom stereocenters. The average molecular weight is 729 g/mol. The van der Waals surface area contributed by atoms with Crippen molar-refractivity contribution in [3.8, 4) is 45.3 Å². The largest absolute Gasteiger partial charge is 0.456 e. The molecule has 0 radical (unpaired) electrons. The van der Waals surface area contributed by atoms with Gasteiger partial charge in [-0.2, -0.15) is 0 Å². The van der Waals surface area contributed by atoms with Crippen molar-refractivity contribution in [3.63, 3.8) is 0 Å². The van der Waals surface area contributed by atoms with Crippen LogP contribution in [0.5, 0.6) is 0 Å². The molecular formula is C52H32N4O. The summed E-state index contributed by atoms with van der Waals surface area (Å²) in [7, 11) is 0. The first-order valence-electron chi connectivity index (χ1n) is 19.2. The smallest absolute Gasteiger partial charge is 0.160 e. The summed E-state index contributed by atoms with van der Waals surface area (Å²) in [5.74, 6) is 0.668. The fourth-order valence-electron chi connectivity index (χ4n) is 8.75. The van der Waals surface area contributed by atoms with Crippen LogP contribution in [0.15, 0.2) is 199 Å². The van der Waals surface area contributed by atoms with E-state index in [-0.39, 0.29) is 0 Å². The Morgan fingerprint density at radius 3 is 1.61 bits per heavy atom. The molecule has 0 saturated heterocycles. The number of hydrogen-bond acceptors (Lipinski definition) is 3. The first-order valence-corrected chi connectivity index (χ1v) is 19.2. The number of furan rings is 1. The molecule has 0 aliphatic carbocycles. The van der Waals surface area contributed by atoms with E-state index in [4.69, 9.17) is 14.4 Å². The fraction of sp³-hybridized carbons (Fsp3) is 0. The maximum Gasteiger partial charge on any atom is 0.160 e. The van der Waals surface area contributed by atoms with Crippen molar-refractivity contribution < 1.29 is 4.42 Å². The van der Waals surface area contributed by atoms with Crippen LogP contribution in [0.25, 0.3) is 111 Å². The van der Waals surface area contributed by atoms with Gasteiger partial charge in [0, 0.05) is 66.4 Å². The third-order valence-electron chi connectivity index (χ3n) is 11.3. The Kier molecular flexibility index (Phi) is 6.86. The second kappa shape index (κ2) is 12.4. The van der Waals surface area contributed by atoms with Crippen LogP contribution in [-0.4, -0.2) is 19.1 Å². The van der Waals surface area contributed by atoms with Gasteiger partial charge in [-0.05, 0) is 48.5 Å². The molecule has 0 fully saturated rings. The molecule has 57 heavy (non-hydrogen) atoms. The van der Waals surface area contributed by atoms with Crippen molar-refractivity contribution >= 4 is 65.6 Å². The van der Waals surface area contributed by atoms with Gasteiger partial charge in [0.25, 0.3) is 0 Å². The minimum atomic E-state index is 0.668. The molecular weight excluding hydrogens is 697 g/mol. The summed E-state index contributed by atoms with van der Waals surface area (Å²) in [5.41, 5.74) is 13.1. The van der Waals surface area contributed by atoms with E-state index < -0.39 is 0 Å². The predicted molar refractivity (Wildman–Crippen MR) is 234 cm³/mol. The van der Waals surface area contributed by atoms with Gasteiger partial charge >= 0.3 is 0 Å². The van der Waals surface area contributed by atoms with E-state index in [9.17, 15) is 0 Å². The van der Waals surface area contributed by atoms with Gasteiger partial charge < -0.3 is 13.6 Å². The number of fused-ring (bicyclic) bond motifs is 10. The zero-order valence-electron chi connectivity index (χ0n) is 30.7. The van der Waals surface area contributed by atoms with Crippen LogP contribution in [0.3, 0.4) is 0 Å². The van der Waals surface area contributed by atoms with Gasteiger partial charge in [-0.1, -0.05) is 140 Å². The quantitative estimate of drug-likeness (QED) is 0.177. The Labute approximate surface area is 327 Å². The van der Waals surface area contributed by atoms with Crippen LogP contribution < -0.4 is 0 Å². The van der Waals surface area contributed by atoms with Crippen LogP contribution in [0, 0.1) is 0 Å². The number of rotatable bonds is 5. The first kappa shape index (κ1) is 31.6. The van der Waals surface area contributed by atoms with Crippen LogP contribution >= 0.6 is 0 Å². The van der Waals surface area contributed by atoms with E-state index in [0.717, 1.165) is 88.8 Å². The van der Waals surface area contributed by atoms with Crippen LogP contribution in [0.1, 0.15) is 0 Å². The van der Waals surface area contributed by atoms with E-state index in [1.165, 1.54) is 16.2 Å². The van der Waals surface area contributed by atoms with Gasteiger partial charge in [0.05, 0.1) is 33.5 Å². The van der Waals surface area contributed by atoms with Gasteiger partial charge in [-0.3, -0.25) is 0 Å². The molecule has 266 valence electrons. The molecule has 0 bridgehead atoms. The summed E-state index contributed by atoms with van der Waals surface area (Å²) in [4.78, 5) is 10.4. The Morgan fingerprint density at radius 2 is 0.895 bits per heavy atom. The fourth-order valence-corrected chi connectivity index (χ4v) is 8.75. The van der Waals surface area contributed by atoms with Gasteiger partial charge in [0.2, 0.25) is 0 Å².